The number of carbonyl (C=O) groups excluding carboxylic acids is 1. The Hall–Kier alpha value is -1.46. The predicted octanol–water partition coefficient (Wildman–Crippen LogP) is 1.27. The Morgan fingerprint density at radius 1 is 1.45 bits per heavy atom. The van der Waals surface area contributed by atoms with Crippen molar-refractivity contribution in [2.75, 3.05) is 39.4 Å². The Balaban J connectivity index is 1.80. The molecule has 0 saturated carbocycles. The third kappa shape index (κ3) is 4.28. The van der Waals surface area contributed by atoms with Gasteiger partial charge in [0.05, 0.1) is 13.2 Å². The molecule has 5 nitrogen and oxygen atoms in total. The highest BCUT2D eigenvalue weighted by Crippen LogP contribution is 2.13. The van der Waals surface area contributed by atoms with Crippen molar-refractivity contribution in [3.63, 3.8) is 0 Å². The van der Waals surface area contributed by atoms with E-state index >= 15 is 0 Å². The highest BCUT2D eigenvalue weighted by molar-refractivity contribution is 5.92. The molecule has 110 valence electrons. The van der Waals surface area contributed by atoms with E-state index in [0.29, 0.717) is 18.2 Å². The van der Waals surface area contributed by atoms with Gasteiger partial charge in [0.2, 0.25) is 0 Å². The summed E-state index contributed by atoms with van der Waals surface area (Å²) in [5, 5.41) is 2.93. The SMILES string of the molecule is CC(C)c1ccnc(C(=O)NCCN2CCOCC2)c1. The zero-order valence-electron chi connectivity index (χ0n) is 12.3. The maximum absolute atomic E-state index is 12.0. The van der Waals surface area contributed by atoms with Crippen LogP contribution in [0.15, 0.2) is 18.3 Å². The van der Waals surface area contributed by atoms with E-state index in [1.807, 2.05) is 12.1 Å². The monoisotopic (exact) mass is 277 g/mol. The standard InChI is InChI=1S/C15H23N3O2/c1-12(2)13-3-4-16-14(11-13)15(19)17-5-6-18-7-9-20-10-8-18/h3-4,11-12H,5-10H2,1-2H3,(H,17,19). The number of nitrogens with zero attached hydrogens (tertiary/aromatic N) is 2. The van der Waals surface area contributed by atoms with Crippen molar-refractivity contribution in [2.24, 2.45) is 0 Å². The molecular formula is C15H23N3O2. The Kier molecular flexibility index (Phi) is 5.49. The molecule has 0 radical (unpaired) electrons. The van der Waals surface area contributed by atoms with E-state index in [0.717, 1.165) is 38.4 Å². The first-order chi connectivity index (χ1) is 9.66. The van der Waals surface area contributed by atoms with Gasteiger partial charge in [-0.05, 0) is 23.6 Å². The Labute approximate surface area is 120 Å². The molecule has 0 aliphatic carbocycles. The highest BCUT2D eigenvalue weighted by atomic mass is 16.5. The van der Waals surface area contributed by atoms with Gasteiger partial charge in [0.15, 0.2) is 0 Å². The zero-order valence-corrected chi connectivity index (χ0v) is 12.3. The van der Waals surface area contributed by atoms with Gasteiger partial charge in [-0.25, -0.2) is 0 Å². The lowest BCUT2D eigenvalue weighted by Crippen LogP contribution is -2.41. The molecule has 0 spiro atoms. The average molecular weight is 277 g/mol. The predicted molar refractivity (Wildman–Crippen MR) is 77.9 cm³/mol. The van der Waals surface area contributed by atoms with Crippen molar-refractivity contribution in [1.82, 2.24) is 15.2 Å². The van der Waals surface area contributed by atoms with Gasteiger partial charge in [-0.15, -0.1) is 0 Å². The van der Waals surface area contributed by atoms with Crippen LogP contribution in [0, 0.1) is 0 Å². The number of hydrogen-bond donors (Lipinski definition) is 1. The number of hydrogen-bond acceptors (Lipinski definition) is 4. The van der Waals surface area contributed by atoms with E-state index in [2.05, 4.69) is 29.0 Å². The minimum absolute atomic E-state index is 0.0965. The summed E-state index contributed by atoms with van der Waals surface area (Å²) in [6.45, 7) is 9.17. The maximum atomic E-state index is 12.0. The zero-order chi connectivity index (χ0) is 14.4. The van der Waals surface area contributed by atoms with Crippen LogP contribution in [0.25, 0.3) is 0 Å². The second-order valence-corrected chi connectivity index (χ2v) is 5.34. The van der Waals surface area contributed by atoms with Gasteiger partial charge >= 0.3 is 0 Å². The minimum Gasteiger partial charge on any atom is -0.379 e. The van der Waals surface area contributed by atoms with Crippen LogP contribution in [0.4, 0.5) is 0 Å². The molecule has 1 aromatic rings. The van der Waals surface area contributed by atoms with Crippen molar-refractivity contribution in [1.29, 1.82) is 0 Å². The Morgan fingerprint density at radius 3 is 2.90 bits per heavy atom. The summed E-state index contributed by atoms with van der Waals surface area (Å²) >= 11 is 0. The maximum Gasteiger partial charge on any atom is 0.269 e. The summed E-state index contributed by atoms with van der Waals surface area (Å²) in [4.78, 5) is 18.5. The van der Waals surface area contributed by atoms with Crippen LogP contribution < -0.4 is 5.32 Å². The normalized spacial score (nSPS) is 16.4. The van der Waals surface area contributed by atoms with E-state index in [9.17, 15) is 4.79 Å². The molecule has 1 N–H and O–H groups in total. The molecule has 2 heterocycles. The van der Waals surface area contributed by atoms with Crippen LogP contribution >= 0.6 is 0 Å². The molecule has 20 heavy (non-hydrogen) atoms. The number of pyridine rings is 1. The number of morpholine rings is 1. The van der Waals surface area contributed by atoms with Gasteiger partial charge in [0, 0.05) is 32.4 Å². The topological polar surface area (TPSA) is 54.5 Å². The van der Waals surface area contributed by atoms with Gasteiger partial charge in [-0.3, -0.25) is 14.7 Å². The van der Waals surface area contributed by atoms with Gasteiger partial charge in [-0.2, -0.15) is 0 Å². The smallest absolute Gasteiger partial charge is 0.269 e. The lowest BCUT2D eigenvalue weighted by Gasteiger charge is -2.26. The third-order valence-corrected chi connectivity index (χ3v) is 3.50. The summed E-state index contributed by atoms with van der Waals surface area (Å²) in [6, 6.07) is 3.82. The fourth-order valence-electron chi connectivity index (χ4n) is 2.17. The average Bonchev–Trinajstić information content (AvgIpc) is 2.48. The van der Waals surface area contributed by atoms with Crippen molar-refractivity contribution in [3.05, 3.63) is 29.6 Å². The Morgan fingerprint density at radius 2 is 2.20 bits per heavy atom. The number of rotatable bonds is 5. The number of amides is 1. The molecule has 0 bridgehead atoms. The van der Waals surface area contributed by atoms with Crippen molar-refractivity contribution >= 4 is 5.91 Å². The number of nitrogens with one attached hydrogen (secondary N) is 1. The number of carbonyl (C=O) groups is 1. The number of aromatic nitrogens is 1. The summed E-state index contributed by atoms with van der Waals surface area (Å²) < 4.78 is 5.29. The first kappa shape index (κ1) is 14.9. The lowest BCUT2D eigenvalue weighted by atomic mass is 10.0. The second kappa shape index (κ2) is 7.36. The molecular weight excluding hydrogens is 254 g/mol. The third-order valence-electron chi connectivity index (χ3n) is 3.50. The fraction of sp³-hybridized carbons (Fsp3) is 0.600. The van der Waals surface area contributed by atoms with Crippen LogP contribution in [0.1, 0.15) is 35.8 Å². The number of ether oxygens (including phenoxy) is 1. The van der Waals surface area contributed by atoms with Crippen molar-refractivity contribution in [2.45, 2.75) is 19.8 Å². The molecule has 1 fully saturated rings. The molecule has 1 aromatic heterocycles. The van der Waals surface area contributed by atoms with E-state index < -0.39 is 0 Å². The van der Waals surface area contributed by atoms with Crippen molar-refractivity contribution < 1.29 is 9.53 Å². The van der Waals surface area contributed by atoms with Gasteiger partial charge in [0.1, 0.15) is 5.69 Å². The molecule has 1 saturated heterocycles. The van der Waals surface area contributed by atoms with Gasteiger partial charge in [0.25, 0.3) is 5.91 Å². The Bertz CT molecular complexity index is 442. The quantitative estimate of drug-likeness (QED) is 0.880. The van der Waals surface area contributed by atoms with E-state index in [1.165, 1.54) is 0 Å². The van der Waals surface area contributed by atoms with Crippen LogP contribution in [-0.4, -0.2) is 55.2 Å². The fourth-order valence-corrected chi connectivity index (χ4v) is 2.17. The molecule has 1 aliphatic heterocycles. The first-order valence-electron chi connectivity index (χ1n) is 7.21. The summed E-state index contributed by atoms with van der Waals surface area (Å²) in [7, 11) is 0. The van der Waals surface area contributed by atoms with E-state index in [-0.39, 0.29) is 5.91 Å². The molecule has 0 atom stereocenters. The van der Waals surface area contributed by atoms with Crippen LogP contribution in [0.5, 0.6) is 0 Å². The van der Waals surface area contributed by atoms with Gasteiger partial charge in [-0.1, -0.05) is 13.8 Å². The first-order valence-corrected chi connectivity index (χ1v) is 7.21. The summed E-state index contributed by atoms with van der Waals surface area (Å²) in [6.07, 6.45) is 1.70. The van der Waals surface area contributed by atoms with Crippen LogP contribution in [-0.2, 0) is 4.74 Å². The molecule has 0 aromatic carbocycles. The van der Waals surface area contributed by atoms with Crippen molar-refractivity contribution in [3.8, 4) is 0 Å². The minimum atomic E-state index is -0.0965. The summed E-state index contributed by atoms with van der Waals surface area (Å²) in [5.74, 6) is 0.304. The van der Waals surface area contributed by atoms with Crippen LogP contribution in [0.2, 0.25) is 0 Å². The van der Waals surface area contributed by atoms with E-state index in [1.54, 1.807) is 6.20 Å². The van der Waals surface area contributed by atoms with E-state index in [4.69, 9.17) is 4.74 Å². The second-order valence-electron chi connectivity index (χ2n) is 5.34. The summed E-state index contributed by atoms with van der Waals surface area (Å²) in [5.41, 5.74) is 1.64. The molecule has 5 heteroatoms. The molecule has 1 amide bonds. The highest BCUT2D eigenvalue weighted by Gasteiger charge is 2.12. The molecule has 0 unspecified atom stereocenters. The largest absolute Gasteiger partial charge is 0.379 e. The van der Waals surface area contributed by atoms with Crippen LogP contribution in [0.3, 0.4) is 0 Å². The molecule has 2 rings (SSSR count). The van der Waals surface area contributed by atoms with Gasteiger partial charge < -0.3 is 10.1 Å². The lowest BCUT2D eigenvalue weighted by molar-refractivity contribution is 0.0383. The molecule has 1 aliphatic rings.